The molecule has 0 heterocycles. The van der Waals surface area contributed by atoms with Crippen LogP contribution in [0.5, 0.6) is 0 Å². The number of ether oxygens (including phenoxy) is 1. The lowest BCUT2D eigenvalue weighted by atomic mass is 10.2. The van der Waals surface area contributed by atoms with Crippen molar-refractivity contribution in [2.75, 3.05) is 6.61 Å². The van der Waals surface area contributed by atoms with E-state index in [2.05, 4.69) is 9.53 Å². The van der Waals surface area contributed by atoms with Gasteiger partial charge in [0.15, 0.2) is 0 Å². The second-order valence-electron chi connectivity index (χ2n) is 3.13. The Hall–Kier alpha value is -2.79. The van der Waals surface area contributed by atoms with Crippen LogP contribution in [0.2, 0.25) is 0 Å². The number of non-ortho nitro benzene ring substituents is 1. The fraction of sp³-hybridized carbons (Fsp3) is 0.0909. The van der Waals surface area contributed by atoms with E-state index in [0.29, 0.717) is 6.21 Å². The molecular formula is C11H9N3O4. The zero-order valence-electron chi connectivity index (χ0n) is 9.22. The second-order valence-corrected chi connectivity index (χ2v) is 3.13. The van der Waals surface area contributed by atoms with Crippen molar-refractivity contribution in [1.82, 2.24) is 0 Å². The fourth-order valence-electron chi connectivity index (χ4n) is 1.11. The van der Waals surface area contributed by atoms with Crippen LogP contribution in [0.4, 0.5) is 5.69 Å². The van der Waals surface area contributed by atoms with E-state index in [1.54, 1.807) is 24.3 Å². The predicted octanol–water partition coefficient (Wildman–Crippen LogP) is 1.45. The van der Waals surface area contributed by atoms with Crippen molar-refractivity contribution in [2.24, 2.45) is 0 Å². The number of nitrogens with zero attached hydrogens (tertiary/aromatic N) is 3. The summed E-state index contributed by atoms with van der Waals surface area (Å²) in [4.78, 5) is 23.2. The molecule has 7 heteroatoms. The second kappa shape index (κ2) is 6.72. The smallest absolute Gasteiger partial charge is 0.413 e. The van der Waals surface area contributed by atoms with Gasteiger partial charge in [-0.1, -0.05) is 6.08 Å². The van der Waals surface area contributed by atoms with Gasteiger partial charge in [0.25, 0.3) is 5.69 Å². The molecule has 0 fully saturated rings. The van der Waals surface area contributed by atoms with E-state index in [-0.39, 0.29) is 12.3 Å². The molecular weight excluding hydrogens is 238 g/mol. The summed E-state index contributed by atoms with van der Waals surface area (Å²) < 4.78 is 4.62. The number of rotatable bonds is 5. The molecule has 0 atom stereocenters. The first kappa shape index (κ1) is 13.3. The molecule has 92 valence electrons. The molecule has 0 aliphatic heterocycles. The van der Waals surface area contributed by atoms with Gasteiger partial charge in [-0.15, -0.1) is 0 Å². The summed E-state index contributed by atoms with van der Waals surface area (Å²) in [6, 6.07) is 5.91. The van der Waals surface area contributed by atoms with Crippen molar-refractivity contribution in [3.05, 3.63) is 51.6 Å². The van der Waals surface area contributed by atoms with Gasteiger partial charge in [-0.25, -0.2) is 4.79 Å². The minimum atomic E-state index is -0.758. The Morgan fingerprint density at radius 2 is 2.11 bits per heavy atom. The summed E-state index contributed by atoms with van der Waals surface area (Å²) in [5.41, 5.74) is 8.79. The molecule has 0 saturated carbocycles. The maximum atomic E-state index is 10.7. The number of esters is 1. The van der Waals surface area contributed by atoms with Crippen LogP contribution in [-0.2, 0) is 9.53 Å². The van der Waals surface area contributed by atoms with Gasteiger partial charge in [-0.3, -0.25) is 10.1 Å². The average molecular weight is 247 g/mol. The van der Waals surface area contributed by atoms with Crippen molar-refractivity contribution < 1.29 is 19.2 Å². The molecule has 7 nitrogen and oxygen atoms in total. The van der Waals surface area contributed by atoms with Crippen LogP contribution in [0, 0.1) is 10.1 Å². The highest BCUT2D eigenvalue weighted by atomic mass is 16.6. The number of nitro groups is 1. The van der Waals surface area contributed by atoms with Crippen LogP contribution < -0.4 is 0 Å². The molecule has 18 heavy (non-hydrogen) atoms. The summed E-state index contributed by atoms with van der Waals surface area (Å²) in [7, 11) is 0. The van der Waals surface area contributed by atoms with Crippen LogP contribution in [-0.4, -0.2) is 28.5 Å². The molecule has 0 amide bonds. The van der Waals surface area contributed by atoms with Crippen molar-refractivity contribution >= 4 is 23.9 Å². The van der Waals surface area contributed by atoms with Gasteiger partial charge in [-0.2, -0.15) is 4.79 Å². The van der Waals surface area contributed by atoms with Crippen molar-refractivity contribution in [3.8, 4) is 0 Å². The topological polar surface area (TPSA) is 106 Å². The molecule has 1 aromatic carbocycles. The normalized spacial score (nSPS) is 9.78. The molecule has 0 bridgehead atoms. The minimum absolute atomic E-state index is 0.0118. The molecule has 1 aromatic rings. The molecule has 0 N–H and O–H groups in total. The lowest BCUT2D eigenvalue weighted by Crippen LogP contribution is -2.05. The van der Waals surface area contributed by atoms with E-state index >= 15 is 0 Å². The number of carbonyl (C=O) groups excluding carboxylic acids is 1. The zero-order chi connectivity index (χ0) is 13.4. The van der Waals surface area contributed by atoms with Crippen LogP contribution in [0.3, 0.4) is 0 Å². The Bertz CT molecular complexity index is 516. The van der Waals surface area contributed by atoms with Crippen molar-refractivity contribution in [3.63, 3.8) is 0 Å². The molecule has 0 spiro atoms. The lowest BCUT2D eigenvalue weighted by Gasteiger charge is -1.94. The molecule has 0 unspecified atom stereocenters. The molecule has 0 aliphatic rings. The van der Waals surface area contributed by atoms with E-state index in [1.807, 2.05) is 0 Å². The van der Waals surface area contributed by atoms with Gasteiger partial charge in [0.2, 0.25) is 0 Å². The Morgan fingerprint density at radius 3 is 2.67 bits per heavy atom. The quantitative estimate of drug-likeness (QED) is 0.196. The Balaban J connectivity index is 2.49. The fourth-order valence-corrected chi connectivity index (χ4v) is 1.11. The third-order valence-electron chi connectivity index (χ3n) is 1.90. The van der Waals surface area contributed by atoms with Crippen LogP contribution in [0.15, 0.2) is 30.3 Å². The minimum Gasteiger partial charge on any atom is -0.453 e. The van der Waals surface area contributed by atoms with Crippen LogP contribution >= 0.6 is 0 Å². The summed E-state index contributed by atoms with van der Waals surface area (Å²) in [5.74, 6) is -0.758. The highest BCUT2D eigenvalue weighted by Gasteiger charge is 2.02. The lowest BCUT2D eigenvalue weighted by molar-refractivity contribution is -0.384. The van der Waals surface area contributed by atoms with Gasteiger partial charge in [-0.05, 0) is 23.8 Å². The van der Waals surface area contributed by atoms with Crippen LogP contribution in [0.25, 0.3) is 11.6 Å². The summed E-state index contributed by atoms with van der Waals surface area (Å²) in [5, 5.41) is 10.4. The van der Waals surface area contributed by atoms with E-state index in [4.69, 9.17) is 5.53 Å². The first-order valence-electron chi connectivity index (χ1n) is 4.88. The highest BCUT2D eigenvalue weighted by Crippen LogP contribution is 2.12. The van der Waals surface area contributed by atoms with Crippen molar-refractivity contribution in [2.45, 2.75) is 0 Å². The van der Waals surface area contributed by atoms with Gasteiger partial charge in [0.1, 0.15) is 6.61 Å². The standard InChI is InChI=1S/C11H9N3O4/c12-13-8-11(15)18-7-1-2-9-3-5-10(6-4-9)14(16)17/h1-6,8H,7H2/b2-1+. The number of carbonyl (C=O) groups is 1. The van der Waals surface area contributed by atoms with E-state index in [1.165, 1.54) is 12.1 Å². The summed E-state index contributed by atoms with van der Waals surface area (Å²) in [6.07, 6.45) is 3.84. The molecule has 0 aliphatic carbocycles. The molecule has 0 saturated heterocycles. The molecule has 0 aromatic heterocycles. The van der Waals surface area contributed by atoms with Gasteiger partial charge >= 0.3 is 12.2 Å². The van der Waals surface area contributed by atoms with Crippen LogP contribution in [0.1, 0.15) is 5.56 Å². The van der Waals surface area contributed by atoms with Gasteiger partial charge in [0.05, 0.1) is 4.92 Å². The number of nitro benzene ring substituents is 1. The first-order valence-corrected chi connectivity index (χ1v) is 4.88. The molecule has 0 radical (unpaired) electrons. The average Bonchev–Trinajstić information content (AvgIpc) is 2.35. The highest BCUT2D eigenvalue weighted by molar-refractivity contribution is 6.20. The first-order chi connectivity index (χ1) is 8.63. The van der Waals surface area contributed by atoms with E-state index in [0.717, 1.165) is 5.56 Å². The third-order valence-corrected chi connectivity index (χ3v) is 1.90. The number of hydrogen-bond acceptors (Lipinski definition) is 4. The maximum Gasteiger partial charge on any atom is 0.413 e. The number of hydrogen-bond donors (Lipinski definition) is 0. The van der Waals surface area contributed by atoms with Gasteiger partial charge < -0.3 is 10.3 Å². The third kappa shape index (κ3) is 4.38. The van der Waals surface area contributed by atoms with E-state index < -0.39 is 10.9 Å². The monoisotopic (exact) mass is 247 g/mol. The van der Waals surface area contributed by atoms with Gasteiger partial charge in [0, 0.05) is 12.1 Å². The molecule has 1 rings (SSSR count). The Morgan fingerprint density at radius 1 is 1.44 bits per heavy atom. The summed E-state index contributed by atoms with van der Waals surface area (Å²) in [6.45, 7) is 0.0157. The Kier molecular flexibility index (Phi) is 4.96. The SMILES string of the molecule is [N-]=[N+]=CC(=O)OC/C=C/c1ccc([N+](=O)[O-])cc1. The van der Waals surface area contributed by atoms with E-state index in [9.17, 15) is 14.9 Å². The zero-order valence-corrected chi connectivity index (χ0v) is 9.22. The predicted molar refractivity (Wildman–Crippen MR) is 62.8 cm³/mol. The largest absolute Gasteiger partial charge is 0.453 e. The maximum absolute atomic E-state index is 10.7. The Labute approximate surface area is 102 Å². The summed E-state index contributed by atoms with van der Waals surface area (Å²) >= 11 is 0. The van der Waals surface area contributed by atoms with Crippen molar-refractivity contribution in [1.29, 1.82) is 0 Å². The number of benzene rings is 1.